The van der Waals surface area contributed by atoms with Crippen LogP contribution in [-0.2, 0) is 17.6 Å². The fraction of sp³-hybridized carbons (Fsp3) is 0.474. The Hall–Kier alpha value is -2.90. The molecule has 2 aromatic rings. The van der Waals surface area contributed by atoms with E-state index in [-0.39, 0.29) is 23.9 Å². The molecule has 1 aliphatic heterocycles. The van der Waals surface area contributed by atoms with Crippen molar-refractivity contribution in [3.05, 3.63) is 47.7 Å². The van der Waals surface area contributed by atoms with Crippen molar-refractivity contribution in [3.8, 4) is 0 Å². The van der Waals surface area contributed by atoms with E-state index in [1.165, 1.54) is 5.56 Å². The zero-order valence-electron chi connectivity index (χ0n) is 15.4. The van der Waals surface area contributed by atoms with Crippen LogP contribution in [0.3, 0.4) is 0 Å². The van der Waals surface area contributed by atoms with E-state index >= 15 is 0 Å². The summed E-state index contributed by atoms with van der Waals surface area (Å²) < 4.78 is 10.5. The van der Waals surface area contributed by atoms with Crippen molar-refractivity contribution < 1.29 is 18.7 Å². The first kappa shape index (κ1) is 18.9. The first-order chi connectivity index (χ1) is 13.2. The normalized spacial score (nSPS) is 14.8. The number of carbonyl (C=O) groups is 2. The van der Waals surface area contributed by atoms with Crippen LogP contribution >= 0.6 is 0 Å². The maximum Gasteiger partial charge on any atom is 0.409 e. The highest BCUT2D eigenvalue weighted by atomic mass is 16.6. The first-order valence-corrected chi connectivity index (χ1v) is 9.24. The number of aryl methyl sites for hydroxylation is 2. The number of benzene rings is 1. The average Bonchev–Trinajstić information content (AvgIpc) is 3.17. The van der Waals surface area contributed by atoms with E-state index in [4.69, 9.17) is 9.15 Å². The van der Waals surface area contributed by atoms with E-state index in [1.54, 1.807) is 11.8 Å². The van der Waals surface area contributed by atoms with Crippen LogP contribution < -0.4 is 5.32 Å². The van der Waals surface area contributed by atoms with Gasteiger partial charge < -0.3 is 19.4 Å². The van der Waals surface area contributed by atoms with E-state index < -0.39 is 0 Å². The molecule has 1 N–H and O–H groups in total. The Labute approximate surface area is 157 Å². The van der Waals surface area contributed by atoms with Crippen molar-refractivity contribution in [2.24, 2.45) is 0 Å². The van der Waals surface area contributed by atoms with Crippen LogP contribution in [0, 0.1) is 0 Å². The molecule has 0 bridgehead atoms. The monoisotopic (exact) mass is 372 g/mol. The smallest absolute Gasteiger partial charge is 0.409 e. The minimum atomic E-state index is -0.372. The van der Waals surface area contributed by atoms with Gasteiger partial charge >= 0.3 is 17.9 Å². The highest BCUT2D eigenvalue weighted by molar-refractivity contribution is 5.89. The number of piperidine rings is 1. The van der Waals surface area contributed by atoms with Crippen LogP contribution in [0.2, 0.25) is 0 Å². The standard InChI is InChI=1S/C19H24N4O4/c1-2-26-19(25)23-12-10-15(11-13-23)20-17(24)18-22-21-16(27-18)9-8-14-6-4-3-5-7-14/h3-7,15H,2,8-13H2,1H3,(H,20,24). The molecule has 0 saturated carbocycles. The molecule has 0 spiro atoms. The Balaban J connectivity index is 1.45. The number of hydrogen-bond acceptors (Lipinski definition) is 6. The van der Waals surface area contributed by atoms with Crippen LogP contribution in [0.4, 0.5) is 4.79 Å². The lowest BCUT2D eigenvalue weighted by molar-refractivity contribution is 0.0834. The second-order valence-electron chi connectivity index (χ2n) is 6.42. The number of likely N-dealkylation sites (tertiary alicyclic amines) is 1. The van der Waals surface area contributed by atoms with Gasteiger partial charge in [-0.15, -0.1) is 10.2 Å². The zero-order valence-corrected chi connectivity index (χ0v) is 15.4. The largest absolute Gasteiger partial charge is 0.450 e. The van der Waals surface area contributed by atoms with E-state index in [0.717, 1.165) is 6.42 Å². The summed E-state index contributed by atoms with van der Waals surface area (Å²) in [5.74, 6) is 0.0510. The summed E-state index contributed by atoms with van der Waals surface area (Å²) in [4.78, 5) is 25.7. The summed E-state index contributed by atoms with van der Waals surface area (Å²) in [5.41, 5.74) is 1.18. The van der Waals surface area contributed by atoms with Gasteiger partial charge in [0.15, 0.2) is 0 Å². The highest BCUT2D eigenvalue weighted by Gasteiger charge is 2.26. The number of rotatable bonds is 6. The lowest BCUT2D eigenvalue weighted by atomic mass is 10.1. The average molecular weight is 372 g/mol. The van der Waals surface area contributed by atoms with Crippen molar-refractivity contribution in [3.63, 3.8) is 0 Å². The van der Waals surface area contributed by atoms with E-state index in [9.17, 15) is 9.59 Å². The molecule has 144 valence electrons. The highest BCUT2D eigenvalue weighted by Crippen LogP contribution is 2.13. The summed E-state index contributed by atoms with van der Waals surface area (Å²) in [6, 6.07) is 9.97. The minimum absolute atomic E-state index is 0.0223. The number of nitrogens with one attached hydrogen (secondary N) is 1. The number of carbonyl (C=O) groups excluding carboxylic acids is 2. The van der Waals surface area contributed by atoms with Crippen LogP contribution in [-0.4, -0.2) is 52.8 Å². The molecule has 8 heteroatoms. The van der Waals surface area contributed by atoms with Crippen LogP contribution in [0.15, 0.2) is 34.7 Å². The molecule has 0 atom stereocenters. The molecule has 0 aliphatic carbocycles. The summed E-state index contributed by atoms with van der Waals surface area (Å²) in [5, 5.41) is 10.7. The number of ether oxygens (including phenoxy) is 1. The Bertz CT molecular complexity index is 754. The molecule has 1 saturated heterocycles. The number of hydrogen-bond donors (Lipinski definition) is 1. The van der Waals surface area contributed by atoms with Gasteiger partial charge in [0.1, 0.15) is 0 Å². The second kappa shape index (κ2) is 9.16. The molecule has 1 aromatic heterocycles. The molecule has 2 amide bonds. The van der Waals surface area contributed by atoms with Gasteiger partial charge in [-0.2, -0.15) is 0 Å². The molecule has 8 nitrogen and oxygen atoms in total. The van der Waals surface area contributed by atoms with Crippen molar-refractivity contribution in [2.45, 2.75) is 38.6 Å². The fourth-order valence-corrected chi connectivity index (χ4v) is 3.01. The van der Waals surface area contributed by atoms with Crippen LogP contribution in [0.5, 0.6) is 0 Å². The summed E-state index contributed by atoms with van der Waals surface area (Å²) in [6.45, 7) is 3.24. The zero-order chi connectivity index (χ0) is 19.1. The lowest BCUT2D eigenvalue weighted by Crippen LogP contribution is -2.46. The third-order valence-corrected chi connectivity index (χ3v) is 4.49. The number of aromatic nitrogens is 2. The second-order valence-corrected chi connectivity index (χ2v) is 6.42. The molecule has 1 fully saturated rings. The Morgan fingerprint density at radius 3 is 2.63 bits per heavy atom. The lowest BCUT2D eigenvalue weighted by Gasteiger charge is -2.31. The molecule has 3 rings (SSSR count). The topological polar surface area (TPSA) is 97.6 Å². The molecule has 1 aromatic carbocycles. The predicted molar refractivity (Wildman–Crippen MR) is 97.2 cm³/mol. The third kappa shape index (κ3) is 5.29. The molecule has 1 aliphatic rings. The van der Waals surface area contributed by atoms with E-state index in [1.807, 2.05) is 30.3 Å². The first-order valence-electron chi connectivity index (χ1n) is 9.24. The van der Waals surface area contributed by atoms with Gasteiger partial charge in [-0.25, -0.2) is 4.79 Å². The molecule has 0 unspecified atom stereocenters. The SMILES string of the molecule is CCOC(=O)N1CCC(NC(=O)c2nnc(CCc3ccccc3)o2)CC1. The minimum Gasteiger partial charge on any atom is -0.450 e. The van der Waals surface area contributed by atoms with Gasteiger partial charge in [0.05, 0.1) is 6.61 Å². The fourth-order valence-electron chi connectivity index (χ4n) is 3.01. The quantitative estimate of drug-likeness (QED) is 0.835. The molecule has 2 heterocycles. The van der Waals surface area contributed by atoms with Crippen molar-refractivity contribution >= 4 is 12.0 Å². The van der Waals surface area contributed by atoms with Gasteiger partial charge in [0, 0.05) is 25.6 Å². The Morgan fingerprint density at radius 2 is 1.93 bits per heavy atom. The molecule has 27 heavy (non-hydrogen) atoms. The van der Waals surface area contributed by atoms with Gasteiger partial charge in [-0.05, 0) is 31.7 Å². The van der Waals surface area contributed by atoms with Crippen molar-refractivity contribution in [1.29, 1.82) is 0 Å². The van der Waals surface area contributed by atoms with Crippen molar-refractivity contribution in [2.75, 3.05) is 19.7 Å². The summed E-state index contributed by atoms with van der Waals surface area (Å²) >= 11 is 0. The maximum absolute atomic E-state index is 12.3. The number of nitrogens with zero attached hydrogens (tertiary/aromatic N) is 3. The predicted octanol–water partition coefficient (Wildman–Crippen LogP) is 2.21. The van der Waals surface area contributed by atoms with E-state index in [0.29, 0.717) is 44.8 Å². The van der Waals surface area contributed by atoms with Crippen LogP contribution in [0.25, 0.3) is 0 Å². The van der Waals surface area contributed by atoms with Gasteiger partial charge in [0.2, 0.25) is 5.89 Å². The Kier molecular flexibility index (Phi) is 6.40. The van der Waals surface area contributed by atoms with Crippen molar-refractivity contribution in [1.82, 2.24) is 20.4 Å². The Morgan fingerprint density at radius 1 is 1.19 bits per heavy atom. The summed E-state index contributed by atoms with van der Waals surface area (Å²) in [6.07, 6.45) is 2.39. The van der Waals surface area contributed by atoms with Gasteiger partial charge in [0.25, 0.3) is 0 Å². The van der Waals surface area contributed by atoms with E-state index in [2.05, 4.69) is 15.5 Å². The van der Waals surface area contributed by atoms with Gasteiger partial charge in [-0.1, -0.05) is 30.3 Å². The third-order valence-electron chi connectivity index (χ3n) is 4.49. The van der Waals surface area contributed by atoms with Gasteiger partial charge in [-0.3, -0.25) is 4.79 Å². The maximum atomic E-state index is 12.3. The molecular weight excluding hydrogens is 348 g/mol. The molecular formula is C19H24N4O4. The van der Waals surface area contributed by atoms with Crippen LogP contribution in [0.1, 0.15) is 41.9 Å². The number of amides is 2. The summed E-state index contributed by atoms with van der Waals surface area (Å²) in [7, 11) is 0. The molecule has 0 radical (unpaired) electrons.